The van der Waals surface area contributed by atoms with Crippen LogP contribution in [-0.2, 0) is 4.79 Å². The molecular formula is C6H12N4O2. The molecule has 0 aromatic rings. The minimum absolute atomic E-state index is 0.158. The topological polar surface area (TPSA) is 97.9 Å². The van der Waals surface area contributed by atoms with Gasteiger partial charge in [0.2, 0.25) is 0 Å². The third kappa shape index (κ3) is 4.51. The first kappa shape index (κ1) is 10.7. The summed E-state index contributed by atoms with van der Waals surface area (Å²) in [6.07, 6.45) is 1.26. The second-order valence-electron chi connectivity index (χ2n) is 2.67. The minimum Gasteiger partial charge on any atom is -0.381 e. The molecule has 0 saturated carbocycles. The lowest BCUT2D eigenvalue weighted by molar-refractivity contribution is -0.136. The van der Waals surface area contributed by atoms with E-state index < -0.39 is 11.5 Å². The van der Waals surface area contributed by atoms with Gasteiger partial charge >= 0.3 is 0 Å². The highest BCUT2D eigenvalue weighted by Gasteiger charge is 2.22. The number of carbonyl (C=O) groups excluding carboxylic acids is 1. The van der Waals surface area contributed by atoms with E-state index in [2.05, 4.69) is 15.6 Å². The van der Waals surface area contributed by atoms with Crippen molar-refractivity contribution >= 4 is 12.1 Å². The molecule has 0 bridgehead atoms. The lowest BCUT2D eigenvalue weighted by Gasteiger charge is -2.14. The highest BCUT2D eigenvalue weighted by Crippen LogP contribution is 1.98. The maximum Gasteiger partial charge on any atom is 0.251 e. The van der Waals surface area contributed by atoms with E-state index in [1.54, 1.807) is 0 Å². The first-order chi connectivity index (χ1) is 5.48. The predicted molar refractivity (Wildman–Crippen MR) is 42.9 cm³/mol. The Labute approximate surface area is 70.2 Å². The van der Waals surface area contributed by atoms with Crippen LogP contribution in [0.5, 0.6) is 0 Å². The van der Waals surface area contributed by atoms with Crippen molar-refractivity contribution in [3.8, 4) is 0 Å². The number of amides is 1. The molecule has 0 rings (SSSR count). The first-order valence-corrected chi connectivity index (χ1v) is 3.37. The van der Waals surface area contributed by atoms with E-state index in [1.807, 2.05) is 0 Å². The minimum atomic E-state index is -1.38. The van der Waals surface area contributed by atoms with Crippen molar-refractivity contribution in [1.29, 1.82) is 5.53 Å². The summed E-state index contributed by atoms with van der Waals surface area (Å²) in [6.45, 7) is 2.92. The Morgan fingerprint density at radius 1 is 1.75 bits per heavy atom. The number of aliphatic hydroxyl groups is 1. The van der Waals surface area contributed by atoms with Gasteiger partial charge in [-0.15, -0.1) is 5.10 Å². The maximum atomic E-state index is 10.9. The Balaban J connectivity index is 3.73. The molecule has 12 heavy (non-hydrogen) atoms. The molecule has 0 aliphatic carbocycles. The molecule has 6 heteroatoms. The Hall–Kier alpha value is -1.30. The first-order valence-electron chi connectivity index (χ1n) is 3.37. The van der Waals surface area contributed by atoms with Crippen LogP contribution in [0.15, 0.2) is 10.3 Å². The van der Waals surface area contributed by atoms with Crippen molar-refractivity contribution in [1.82, 2.24) is 5.32 Å². The second kappa shape index (κ2) is 4.55. The molecule has 0 aromatic carbocycles. The Morgan fingerprint density at radius 2 is 2.33 bits per heavy atom. The number of rotatable bonds is 4. The maximum absolute atomic E-state index is 10.9. The van der Waals surface area contributed by atoms with Gasteiger partial charge in [-0.05, 0) is 13.8 Å². The molecule has 0 heterocycles. The van der Waals surface area contributed by atoms with Crippen LogP contribution in [0.4, 0.5) is 0 Å². The third-order valence-electron chi connectivity index (χ3n) is 1.05. The van der Waals surface area contributed by atoms with E-state index in [-0.39, 0.29) is 6.54 Å². The van der Waals surface area contributed by atoms with Gasteiger partial charge in [-0.1, -0.05) is 5.22 Å². The van der Waals surface area contributed by atoms with Crippen LogP contribution < -0.4 is 5.32 Å². The average molecular weight is 172 g/mol. The van der Waals surface area contributed by atoms with E-state index in [9.17, 15) is 4.79 Å². The fraction of sp³-hybridized carbons (Fsp3) is 0.667. The molecule has 0 aromatic heterocycles. The Kier molecular flexibility index (Phi) is 4.06. The van der Waals surface area contributed by atoms with Gasteiger partial charge in [0.1, 0.15) is 5.60 Å². The Morgan fingerprint density at radius 3 is 2.75 bits per heavy atom. The summed E-state index contributed by atoms with van der Waals surface area (Å²) in [5, 5.41) is 17.4. The smallest absolute Gasteiger partial charge is 0.251 e. The standard InChI is InChI=1S/C6H12N4O2/c1-6(2,12)5(11)8-3-4-9-10-7/h4,7,12H,3H2,1-2H3,(H,8,11). The quantitative estimate of drug-likeness (QED) is 0.313. The second-order valence-corrected chi connectivity index (χ2v) is 2.67. The lowest BCUT2D eigenvalue weighted by atomic mass is 10.1. The van der Waals surface area contributed by atoms with Gasteiger partial charge in [0.05, 0.1) is 6.54 Å². The van der Waals surface area contributed by atoms with Gasteiger partial charge < -0.3 is 10.4 Å². The largest absolute Gasteiger partial charge is 0.381 e. The molecule has 1 amide bonds. The number of hydrogen-bond donors (Lipinski definition) is 3. The van der Waals surface area contributed by atoms with Crippen LogP contribution in [0.3, 0.4) is 0 Å². The van der Waals surface area contributed by atoms with E-state index >= 15 is 0 Å². The molecule has 0 fully saturated rings. The SMILES string of the molecule is CC(C)(O)C(=O)NCC=NN=N. The fourth-order valence-electron chi connectivity index (χ4n) is 0.436. The van der Waals surface area contributed by atoms with Crippen molar-refractivity contribution < 1.29 is 9.90 Å². The molecule has 0 atom stereocenters. The number of carbonyl (C=O) groups is 1. The number of hydrogen-bond acceptors (Lipinski definition) is 4. The van der Waals surface area contributed by atoms with Gasteiger partial charge in [0.25, 0.3) is 5.91 Å². The van der Waals surface area contributed by atoms with Crippen LogP contribution in [0.1, 0.15) is 13.8 Å². The molecule has 0 unspecified atom stereocenters. The molecule has 0 saturated heterocycles. The molecule has 0 aliphatic heterocycles. The highest BCUT2D eigenvalue weighted by atomic mass is 16.3. The molecule has 6 nitrogen and oxygen atoms in total. The van der Waals surface area contributed by atoms with Crippen LogP contribution in [0, 0.1) is 5.53 Å². The fourth-order valence-corrected chi connectivity index (χ4v) is 0.436. The number of nitrogens with zero attached hydrogens (tertiary/aromatic N) is 2. The van der Waals surface area contributed by atoms with Gasteiger partial charge in [-0.2, -0.15) is 5.53 Å². The van der Waals surface area contributed by atoms with E-state index in [4.69, 9.17) is 10.6 Å². The zero-order chi connectivity index (χ0) is 9.61. The third-order valence-corrected chi connectivity index (χ3v) is 1.05. The van der Waals surface area contributed by atoms with Gasteiger partial charge in [-0.3, -0.25) is 4.79 Å². The molecule has 0 radical (unpaired) electrons. The normalized spacial score (nSPS) is 11.6. The molecule has 3 N–H and O–H groups in total. The van der Waals surface area contributed by atoms with Crippen LogP contribution in [-0.4, -0.2) is 29.4 Å². The number of nitrogens with one attached hydrogen (secondary N) is 2. The summed E-state index contributed by atoms with van der Waals surface area (Å²) < 4.78 is 0. The summed E-state index contributed by atoms with van der Waals surface area (Å²) in [6, 6.07) is 0. The van der Waals surface area contributed by atoms with E-state index in [1.165, 1.54) is 20.1 Å². The molecular weight excluding hydrogens is 160 g/mol. The van der Waals surface area contributed by atoms with E-state index in [0.717, 1.165) is 0 Å². The van der Waals surface area contributed by atoms with Crippen molar-refractivity contribution in [3.63, 3.8) is 0 Å². The molecule has 0 aliphatic rings. The van der Waals surface area contributed by atoms with Crippen LogP contribution in [0.25, 0.3) is 0 Å². The monoisotopic (exact) mass is 172 g/mol. The summed E-state index contributed by atoms with van der Waals surface area (Å²) >= 11 is 0. The zero-order valence-electron chi connectivity index (χ0n) is 7.03. The van der Waals surface area contributed by atoms with Crippen LogP contribution in [0.2, 0.25) is 0 Å². The lowest BCUT2D eigenvalue weighted by Crippen LogP contribution is -2.42. The Bertz CT molecular complexity index is 194. The van der Waals surface area contributed by atoms with Gasteiger partial charge in [-0.25, -0.2) is 0 Å². The van der Waals surface area contributed by atoms with Crippen molar-refractivity contribution in [2.75, 3.05) is 6.54 Å². The van der Waals surface area contributed by atoms with Crippen molar-refractivity contribution in [2.24, 2.45) is 10.3 Å². The molecule has 0 spiro atoms. The molecule has 68 valence electrons. The predicted octanol–water partition coefficient (Wildman–Crippen LogP) is -0.110. The van der Waals surface area contributed by atoms with Gasteiger partial charge in [0.15, 0.2) is 0 Å². The summed E-state index contributed by atoms with van der Waals surface area (Å²) in [5.41, 5.74) is 4.89. The van der Waals surface area contributed by atoms with E-state index in [0.29, 0.717) is 0 Å². The summed E-state index contributed by atoms with van der Waals surface area (Å²) in [4.78, 5) is 10.9. The van der Waals surface area contributed by atoms with Crippen molar-refractivity contribution in [2.45, 2.75) is 19.4 Å². The van der Waals surface area contributed by atoms with Gasteiger partial charge in [0, 0.05) is 6.21 Å². The average Bonchev–Trinajstić information content (AvgIpc) is 1.96. The summed E-state index contributed by atoms with van der Waals surface area (Å²) in [5.74, 6) is -0.487. The summed E-state index contributed by atoms with van der Waals surface area (Å²) in [7, 11) is 0. The van der Waals surface area contributed by atoms with Crippen LogP contribution >= 0.6 is 0 Å². The highest BCUT2D eigenvalue weighted by molar-refractivity contribution is 5.85. The zero-order valence-corrected chi connectivity index (χ0v) is 7.03. The van der Waals surface area contributed by atoms with Crippen molar-refractivity contribution in [3.05, 3.63) is 0 Å².